The van der Waals surface area contributed by atoms with Crippen molar-refractivity contribution in [3.63, 3.8) is 0 Å². The van der Waals surface area contributed by atoms with Crippen molar-refractivity contribution in [3.05, 3.63) is 23.0 Å². The molecule has 2 rings (SSSR count). The first-order valence-corrected chi connectivity index (χ1v) is 6.76. The van der Waals surface area contributed by atoms with Gasteiger partial charge in [0.25, 0.3) is 0 Å². The number of aliphatic hydroxyl groups excluding tert-OH is 1. The number of thiazole rings is 1. The highest BCUT2D eigenvalue weighted by atomic mass is 32.1. The van der Waals surface area contributed by atoms with Gasteiger partial charge < -0.3 is 10.4 Å². The number of fused-ring (bicyclic) bond motifs is 1. The van der Waals surface area contributed by atoms with Crippen LogP contribution in [0.1, 0.15) is 25.2 Å². The highest BCUT2D eigenvalue weighted by molar-refractivity contribution is 7.15. The minimum absolute atomic E-state index is 0.138. The average Bonchev–Trinajstić information content (AvgIpc) is 2.81. The summed E-state index contributed by atoms with van der Waals surface area (Å²) >= 11 is 1.64. The molecule has 0 aliphatic rings. The summed E-state index contributed by atoms with van der Waals surface area (Å²) < 4.78 is 2.11. The van der Waals surface area contributed by atoms with Gasteiger partial charge in [0.1, 0.15) is 0 Å². The molecular weight excluding hydrogens is 234 g/mol. The van der Waals surface area contributed by atoms with Crippen molar-refractivity contribution in [2.75, 3.05) is 6.61 Å². The second kappa shape index (κ2) is 5.16. The summed E-state index contributed by atoms with van der Waals surface area (Å²) in [5, 5.41) is 14.7. The molecule has 0 aliphatic carbocycles. The molecule has 1 atom stereocenters. The minimum Gasteiger partial charge on any atom is -0.395 e. The molecule has 0 fully saturated rings. The zero-order valence-corrected chi connectivity index (χ0v) is 11.3. The van der Waals surface area contributed by atoms with Gasteiger partial charge in [-0.05, 0) is 12.8 Å². The van der Waals surface area contributed by atoms with Crippen molar-refractivity contribution in [2.24, 2.45) is 5.92 Å². The summed E-state index contributed by atoms with van der Waals surface area (Å²) in [4.78, 5) is 5.53. The fourth-order valence-electron chi connectivity index (χ4n) is 1.89. The molecule has 0 unspecified atom stereocenters. The largest absolute Gasteiger partial charge is 0.395 e. The lowest BCUT2D eigenvalue weighted by Crippen LogP contribution is -2.36. The minimum atomic E-state index is 0.138. The van der Waals surface area contributed by atoms with Crippen LogP contribution in [-0.2, 0) is 6.54 Å². The van der Waals surface area contributed by atoms with Crippen LogP contribution in [0.3, 0.4) is 0 Å². The molecule has 0 aliphatic heterocycles. The van der Waals surface area contributed by atoms with Crippen molar-refractivity contribution in [2.45, 2.75) is 33.4 Å². The molecule has 5 heteroatoms. The Kier molecular flexibility index (Phi) is 3.81. The van der Waals surface area contributed by atoms with E-state index in [4.69, 9.17) is 0 Å². The van der Waals surface area contributed by atoms with Crippen molar-refractivity contribution >= 4 is 16.3 Å². The van der Waals surface area contributed by atoms with Crippen molar-refractivity contribution in [3.8, 4) is 0 Å². The van der Waals surface area contributed by atoms with Gasteiger partial charge >= 0.3 is 0 Å². The van der Waals surface area contributed by atoms with Gasteiger partial charge in [0.2, 0.25) is 0 Å². The molecule has 94 valence electrons. The van der Waals surface area contributed by atoms with Crippen LogP contribution >= 0.6 is 11.3 Å². The van der Waals surface area contributed by atoms with Gasteiger partial charge in [-0.15, -0.1) is 11.3 Å². The van der Waals surface area contributed by atoms with Gasteiger partial charge in [0.15, 0.2) is 4.96 Å². The third-order valence-electron chi connectivity index (χ3n) is 3.09. The predicted octanol–water partition coefficient (Wildman–Crippen LogP) is 1.81. The molecule has 0 aromatic carbocycles. The van der Waals surface area contributed by atoms with Crippen LogP contribution in [0.4, 0.5) is 0 Å². The third kappa shape index (κ3) is 2.51. The normalized spacial score (nSPS) is 13.7. The number of imidazole rings is 1. The Hall–Kier alpha value is -0.910. The first kappa shape index (κ1) is 12.5. The lowest BCUT2D eigenvalue weighted by Gasteiger charge is -2.19. The van der Waals surface area contributed by atoms with Crippen molar-refractivity contribution in [1.82, 2.24) is 14.7 Å². The fourth-order valence-corrected chi connectivity index (χ4v) is 2.67. The van der Waals surface area contributed by atoms with Crippen LogP contribution in [-0.4, -0.2) is 27.1 Å². The summed E-state index contributed by atoms with van der Waals surface area (Å²) in [7, 11) is 0. The highest BCUT2D eigenvalue weighted by Gasteiger charge is 2.14. The van der Waals surface area contributed by atoms with Crippen LogP contribution in [0, 0.1) is 12.8 Å². The maximum Gasteiger partial charge on any atom is 0.194 e. The van der Waals surface area contributed by atoms with Crippen molar-refractivity contribution < 1.29 is 5.11 Å². The van der Waals surface area contributed by atoms with E-state index >= 15 is 0 Å². The fraction of sp³-hybridized carbons (Fsp3) is 0.583. The lowest BCUT2D eigenvalue weighted by molar-refractivity contribution is 0.209. The van der Waals surface area contributed by atoms with E-state index in [1.54, 1.807) is 11.3 Å². The first-order chi connectivity index (χ1) is 8.13. The molecule has 2 heterocycles. The summed E-state index contributed by atoms with van der Waals surface area (Å²) in [6.45, 7) is 7.16. The summed E-state index contributed by atoms with van der Waals surface area (Å²) in [6, 6.07) is 0.138. The molecular formula is C12H19N3OS. The number of hydrogen-bond acceptors (Lipinski definition) is 4. The number of aryl methyl sites for hydroxylation is 1. The molecule has 0 spiro atoms. The second-order valence-electron chi connectivity index (χ2n) is 4.61. The van der Waals surface area contributed by atoms with Gasteiger partial charge in [-0.25, -0.2) is 4.98 Å². The molecule has 2 aromatic rings. The van der Waals surface area contributed by atoms with E-state index in [1.165, 1.54) is 5.69 Å². The monoisotopic (exact) mass is 253 g/mol. The van der Waals surface area contributed by atoms with E-state index in [9.17, 15) is 5.11 Å². The van der Waals surface area contributed by atoms with Crippen LogP contribution in [0.15, 0.2) is 11.6 Å². The summed E-state index contributed by atoms with van der Waals surface area (Å²) in [5.41, 5.74) is 2.24. The van der Waals surface area contributed by atoms with E-state index < -0.39 is 0 Å². The quantitative estimate of drug-likeness (QED) is 0.854. The Balaban J connectivity index is 2.12. The Morgan fingerprint density at radius 1 is 1.53 bits per heavy atom. The number of rotatable bonds is 5. The van der Waals surface area contributed by atoms with Crippen LogP contribution in [0.5, 0.6) is 0 Å². The molecule has 0 amide bonds. The molecule has 2 N–H and O–H groups in total. The highest BCUT2D eigenvalue weighted by Crippen LogP contribution is 2.17. The SMILES string of the molecule is Cc1nc2sccn2c1CN[C@H](CO)C(C)C. The topological polar surface area (TPSA) is 49.6 Å². The van der Waals surface area contributed by atoms with E-state index in [0.717, 1.165) is 17.2 Å². The maximum atomic E-state index is 9.28. The predicted molar refractivity (Wildman–Crippen MR) is 70.4 cm³/mol. The summed E-state index contributed by atoms with van der Waals surface area (Å²) in [6.07, 6.45) is 2.04. The Bertz CT molecular complexity index is 489. The maximum absolute atomic E-state index is 9.28. The van der Waals surface area contributed by atoms with Gasteiger partial charge in [0.05, 0.1) is 18.0 Å². The molecule has 0 saturated heterocycles. The second-order valence-corrected chi connectivity index (χ2v) is 5.49. The van der Waals surface area contributed by atoms with E-state index in [2.05, 4.69) is 28.5 Å². The molecule has 2 aromatic heterocycles. The zero-order valence-electron chi connectivity index (χ0n) is 10.5. The molecule has 4 nitrogen and oxygen atoms in total. The zero-order chi connectivity index (χ0) is 12.4. The lowest BCUT2D eigenvalue weighted by atomic mass is 10.1. The summed E-state index contributed by atoms with van der Waals surface area (Å²) in [5.74, 6) is 0.422. The number of hydrogen-bond donors (Lipinski definition) is 2. The third-order valence-corrected chi connectivity index (χ3v) is 3.85. The van der Waals surface area contributed by atoms with Crippen LogP contribution < -0.4 is 5.32 Å². The Morgan fingerprint density at radius 3 is 2.94 bits per heavy atom. The first-order valence-electron chi connectivity index (χ1n) is 5.88. The van der Waals surface area contributed by atoms with Gasteiger partial charge in [-0.1, -0.05) is 13.8 Å². The molecule has 0 bridgehead atoms. The van der Waals surface area contributed by atoms with Crippen molar-refractivity contribution in [1.29, 1.82) is 0 Å². The Morgan fingerprint density at radius 2 is 2.29 bits per heavy atom. The van der Waals surface area contributed by atoms with Crippen LogP contribution in [0.25, 0.3) is 4.96 Å². The van der Waals surface area contributed by atoms with E-state index in [1.807, 2.05) is 18.5 Å². The molecule has 0 saturated carbocycles. The standard InChI is InChI=1S/C12H19N3OS/c1-8(2)10(7-16)13-6-11-9(3)14-12-15(11)4-5-17-12/h4-5,8,10,13,16H,6-7H2,1-3H3/t10-/m1/s1. The Labute approximate surface area is 105 Å². The number of nitrogens with zero attached hydrogens (tertiary/aromatic N) is 2. The molecule has 0 radical (unpaired) electrons. The molecule has 17 heavy (non-hydrogen) atoms. The van der Waals surface area contributed by atoms with Gasteiger partial charge in [-0.3, -0.25) is 4.40 Å². The van der Waals surface area contributed by atoms with E-state index in [-0.39, 0.29) is 12.6 Å². The number of aromatic nitrogens is 2. The number of nitrogens with one attached hydrogen (secondary N) is 1. The van der Waals surface area contributed by atoms with Gasteiger partial charge in [-0.2, -0.15) is 0 Å². The average molecular weight is 253 g/mol. The van der Waals surface area contributed by atoms with Crippen LogP contribution in [0.2, 0.25) is 0 Å². The van der Waals surface area contributed by atoms with Gasteiger partial charge in [0, 0.05) is 24.2 Å². The number of aliphatic hydroxyl groups is 1. The smallest absolute Gasteiger partial charge is 0.194 e. The van der Waals surface area contributed by atoms with E-state index in [0.29, 0.717) is 5.92 Å².